The first-order chi connectivity index (χ1) is 13.4. The highest BCUT2D eigenvalue weighted by atomic mass is 31.2. The fraction of sp³-hybridized carbons (Fsp3) is 1.00. The van der Waals surface area contributed by atoms with E-state index in [2.05, 4.69) is 6.92 Å². The van der Waals surface area contributed by atoms with Crippen LogP contribution in [-0.4, -0.2) is 29.8 Å². The Morgan fingerprint density at radius 2 is 0.862 bits per heavy atom. The van der Waals surface area contributed by atoms with E-state index in [1.165, 1.54) is 19.3 Å². The van der Waals surface area contributed by atoms with Crippen molar-refractivity contribution in [1.29, 1.82) is 0 Å². The van der Waals surface area contributed by atoms with Crippen LogP contribution < -0.4 is 0 Å². The third-order valence-electron chi connectivity index (χ3n) is 3.98. The van der Waals surface area contributed by atoms with Gasteiger partial charge in [0, 0.05) is 0 Å². The Morgan fingerprint density at radius 1 is 0.552 bits per heavy atom. The number of rotatable bonds is 17. The van der Waals surface area contributed by atoms with Crippen LogP contribution in [0.2, 0.25) is 0 Å². The molecule has 0 heterocycles. The van der Waals surface area contributed by atoms with Gasteiger partial charge in [0.1, 0.15) is 0 Å². The maximum Gasteiger partial charge on any atom is 0.346 e. The molecule has 8 heteroatoms. The van der Waals surface area contributed by atoms with Gasteiger partial charge in [0.15, 0.2) is 5.40 Å². The lowest BCUT2D eigenvalue weighted by Crippen LogP contribution is -2.23. The van der Waals surface area contributed by atoms with Crippen LogP contribution in [0.25, 0.3) is 0 Å². The van der Waals surface area contributed by atoms with Gasteiger partial charge in [-0.05, 0) is 61.8 Å². The minimum Gasteiger partial charge on any atom is -0.305 e. The summed E-state index contributed by atoms with van der Waals surface area (Å²) in [5, 5.41) is -0.934. The first-order valence-corrected chi connectivity index (χ1v) is 14.5. The second-order valence-corrected chi connectivity index (χ2v) is 13.4. The lowest BCUT2D eigenvalue weighted by molar-refractivity contribution is 0.121. The first-order valence-electron chi connectivity index (χ1n) is 11.3. The summed E-state index contributed by atoms with van der Waals surface area (Å²) in [6.45, 7) is 16.6. The predicted octanol–water partition coefficient (Wildman–Crippen LogP) is 8.15. The van der Waals surface area contributed by atoms with Gasteiger partial charge in [0.05, 0.1) is 24.4 Å². The number of hydrogen-bond acceptors (Lipinski definition) is 6. The molecule has 0 unspecified atom stereocenters. The van der Waals surface area contributed by atoms with E-state index in [1.807, 2.05) is 0 Å². The van der Waals surface area contributed by atoms with E-state index < -0.39 is 20.6 Å². The molecule has 176 valence electrons. The Hall–Kier alpha value is 0.300. The Kier molecular flexibility index (Phi) is 14.5. The van der Waals surface area contributed by atoms with Crippen molar-refractivity contribution in [1.82, 2.24) is 0 Å². The van der Waals surface area contributed by atoms with Gasteiger partial charge in [-0.15, -0.1) is 0 Å². The van der Waals surface area contributed by atoms with Crippen molar-refractivity contribution in [2.45, 2.75) is 137 Å². The molecule has 0 saturated heterocycles. The molecule has 0 aromatic heterocycles. The average molecular weight is 457 g/mol. The van der Waals surface area contributed by atoms with Crippen molar-refractivity contribution in [3.8, 4) is 0 Å². The zero-order chi connectivity index (χ0) is 22.7. The van der Waals surface area contributed by atoms with Gasteiger partial charge in [-0.25, -0.2) is 0 Å². The largest absolute Gasteiger partial charge is 0.346 e. The van der Waals surface area contributed by atoms with Crippen LogP contribution in [0.1, 0.15) is 107 Å². The summed E-state index contributed by atoms with van der Waals surface area (Å²) in [5.41, 5.74) is 0. The van der Waals surface area contributed by atoms with Gasteiger partial charge in [-0.1, -0.05) is 45.4 Å². The van der Waals surface area contributed by atoms with Crippen LogP contribution >= 0.6 is 15.2 Å². The van der Waals surface area contributed by atoms with Crippen LogP contribution in [0, 0.1) is 0 Å². The zero-order valence-corrected chi connectivity index (χ0v) is 22.0. The summed E-state index contributed by atoms with van der Waals surface area (Å²) in [6, 6.07) is 0. The van der Waals surface area contributed by atoms with Crippen LogP contribution in [-0.2, 0) is 27.2 Å². The van der Waals surface area contributed by atoms with Crippen molar-refractivity contribution < 1.29 is 27.2 Å². The number of hydrogen-bond donors (Lipinski definition) is 0. The molecule has 29 heavy (non-hydrogen) atoms. The summed E-state index contributed by atoms with van der Waals surface area (Å²) in [4.78, 5) is 0. The average Bonchev–Trinajstić information content (AvgIpc) is 2.50. The van der Waals surface area contributed by atoms with E-state index in [4.69, 9.17) is 18.1 Å². The quantitative estimate of drug-likeness (QED) is 0.162. The summed E-state index contributed by atoms with van der Waals surface area (Å²) >= 11 is 0. The smallest absolute Gasteiger partial charge is 0.305 e. The topological polar surface area (TPSA) is 71.1 Å². The molecular weight excluding hydrogens is 410 g/mol. The molecule has 0 saturated carbocycles. The second-order valence-electron chi connectivity index (χ2n) is 8.73. The monoisotopic (exact) mass is 456 g/mol. The van der Waals surface area contributed by atoms with Crippen molar-refractivity contribution in [3.63, 3.8) is 0 Å². The van der Waals surface area contributed by atoms with E-state index in [0.29, 0.717) is 6.42 Å². The minimum atomic E-state index is -3.75. The summed E-state index contributed by atoms with van der Waals surface area (Å²) in [7, 11) is -7.50. The summed E-state index contributed by atoms with van der Waals surface area (Å²) < 4.78 is 51.1. The van der Waals surface area contributed by atoms with Gasteiger partial charge in [-0.2, -0.15) is 0 Å². The van der Waals surface area contributed by atoms with E-state index in [1.54, 1.807) is 55.4 Å². The summed E-state index contributed by atoms with van der Waals surface area (Å²) in [6.07, 6.45) is 5.49. The first kappa shape index (κ1) is 29.3. The molecule has 0 bridgehead atoms. The maximum atomic E-state index is 13.9. The SMILES string of the molecule is CCCCCCCCC(P(=O)(OC(C)C)OC(C)C)P(=O)(OC(C)C)OC(C)C. The third-order valence-corrected chi connectivity index (χ3v) is 10.5. The molecule has 6 nitrogen and oxygen atoms in total. The molecular formula is C21H46O6P2. The van der Waals surface area contributed by atoms with Crippen LogP contribution in [0.5, 0.6) is 0 Å². The Labute approximate surface area is 179 Å². The fourth-order valence-corrected chi connectivity index (χ4v) is 9.15. The maximum absolute atomic E-state index is 13.9. The van der Waals surface area contributed by atoms with E-state index in [0.717, 1.165) is 19.3 Å². The molecule has 0 aliphatic heterocycles. The van der Waals surface area contributed by atoms with Gasteiger partial charge in [0.2, 0.25) is 0 Å². The zero-order valence-electron chi connectivity index (χ0n) is 20.2. The number of unbranched alkanes of at least 4 members (excludes halogenated alkanes) is 5. The highest BCUT2D eigenvalue weighted by Gasteiger charge is 2.52. The molecule has 0 radical (unpaired) electrons. The van der Waals surface area contributed by atoms with Gasteiger partial charge in [0.25, 0.3) is 0 Å². The van der Waals surface area contributed by atoms with Crippen LogP contribution in [0.4, 0.5) is 0 Å². The van der Waals surface area contributed by atoms with Crippen LogP contribution in [0.3, 0.4) is 0 Å². The molecule has 0 fully saturated rings. The highest BCUT2D eigenvalue weighted by Crippen LogP contribution is 2.73. The van der Waals surface area contributed by atoms with E-state index in [9.17, 15) is 9.13 Å². The highest BCUT2D eigenvalue weighted by molar-refractivity contribution is 7.72. The summed E-state index contributed by atoms with van der Waals surface area (Å²) in [5.74, 6) is 0. The lowest BCUT2D eigenvalue weighted by atomic mass is 10.1. The molecule has 0 spiro atoms. The lowest BCUT2D eigenvalue weighted by Gasteiger charge is -2.35. The fourth-order valence-electron chi connectivity index (χ4n) is 3.10. The Morgan fingerprint density at radius 3 is 1.17 bits per heavy atom. The van der Waals surface area contributed by atoms with E-state index in [-0.39, 0.29) is 24.4 Å². The van der Waals surface area contributed by atoms with Crippen molar-refractivity contribution >= 4 is 15.2 Å². The van der Waals surface area contributed by atoms with Gasteiger partial charge >= 0.3 is 15.2 Å². The van der Waals surface area contributed by atoms with Gasteiger partial charge < -0.3 is 18.1 Å². The molecule has 0 aliphatic carbocycles. The van der Waals surface area contributed by atoms with Gasteiger partial charge in [-0.3, -0.25) is 9.13 Å². The molecule has 0 amide bonds. The van der Waals surface area contributed by atoms with Crippen molar-refractivity contribution in [3.05, 3.63) is 0 Å². The van der Waals surface area contributed by atoms with E-state index >= 15 is 0 Å². The molecule has 0 N–H and O–H groups in total. The second kappa shape index (κ2) is 14.4. The molecule has 0 rings (SSSR count). The molecule has 0 aromatic carbocycles. The Balaban J connectivity index is 5.84. The minimum absolute atomic E-state index is 0.335. The Bertz CT molecular complexity index is 453. The normalized spacial score (nSPS) is 13.6. The standard InChI is InChI=1S/C21H46O6P2/c1-10-11-12-13-14-15-16-21(28(22,24-17(2)3)25-18(4)5)29(23,26-19(6)7)27-20(8)9/h17-21H,10-16H2,1-9H3. The predicted molar refractivity (Wildman–Crippen MR) is 122 cm³/mol. The molecule has 0 aromatic rings. The molecule has 0 atom stereocenters. The third kappa shape index (κ3) is 12.1. The molecule has 0 aliphatic rings. The van der Waals surface area contributed by atoms with Crippen molar-refractivity contribution in [2.75, 3.05) is 0 Å². The van der Waals surface area contributed by atoms with Crippen molar-refractivity contribution in [2.24, 2.45) is 0 Å². The van der Waals surface area contributed by atoms with Crippen LogP contribution in [0.15, 0.2) is 0 Å².